The molecule has 0 spiro atoms. The van der Waals surface area contributed by atoms with Gasteiger partial charge in [-0.3, -0.25) is 4.79 Å². The Kier molecular flexibility index (Phi) is 5.81. The third-order valence-corrected chi connectivity index (χ3v) is 4.71. The molecule has 1 fully saturated rings. The van der Waals surface area contributed by atoms with Crippen LogP contribution in [0.2, 0.25) is 0 Å². The molecule has 1 aliphatic carbocycles. The Labute approximate surface area is 108 Å². The number of carbonyl (C=O) groups excluding carboxylic acids is 1. The third kappa shape index (κ3) is 4.08. The monoisotopic (exact) mass is 289 g/mol. The summed E-state index contributed by atoms with van der Waals surface area (Å²) in [6, 6.07) is 0. The summed E-state index contributed by atoms with van der Waals surface area (Å²) in [6.07, 6.45) is 6.76. The maximum atomic E-state index is 12.0. The van der Waals surface area contributed by atoms with Crippen molar-refractivity contribution in [3.8, 4) is 0 Å². The molecule has 0 atom stereocenters. The van der Waals surface area contributed by atoms with E-state index >= 15 is 0 Å². The zero-order valence-corrected chi connectivity index (χ0v) is 12.1. The van der Waals surface area contributed by atoms with Gasteiger partial charge in [0.15, 0.2) is 0 Å². The highest BCUT2D eigenvalue weighted by Crippen LogP contribution is 2.46. The Bertz CT molecular complexity index is 220. The van der Waals surface area contributed by atoms with Crippen molar-refractivity contribution < 1.29 is 4.79 Å². The number of halogens is 1. The first kappa shape index (κ1) is 14.0. The summed E-state index contributed by atoms with van der Waals surface area (Å²) in [5.74, 6) is 0.511. The fraction of sp³-hybridized carbons (Fsp3) is 0.923. The van der Waals surface area contributed by atoms with Gasteiger partial charge in [0.2, 0.25) is 5.91 Å². The minimum Gasteiger partial charge on any atom is -0.355 e. The van der Waals surface area contributed by atoms with Gasteiger partial charge >= 0.3 is 0 Å². The molecule has 0 saturated heterocycles. The summed E-state index contributed by atoms with van der Waals surface area (Å²) in [7, 11) is 0. The number of carbonyl (C=O) groups is 1. The summed E-state index contributed by atoms with van der Waals surface area (Å²) in [5, 5.41) is 4.16. The van der Waals surface area contributed by atoms with Gasteiger partial charge in [-0.25, -0.2) is 0 Å². The van der Waals surface area contributed by atoms with Crippen LogP contribution in [0.5, 0.6) is 0 Å². The van der Waals surface area contributed by atoms with Crippen LogP contribution in [0.3, 0.4) is 0 Å². The Morgan fingerprint density at radius 1 is 1.31 bits per heavy atom. The van der Waals surface area contributed by atoms with Crippen molar-refractivity contribution in [2.45, 2.75) is 52.4 Å². The lowest BCUT2D eigenvalue weighted by Crippen LogP contribution is -2.35. The standard InChI is InChI=1S/C13H24BrNO/c1-3-5-11(6-4-2)12(16)15-10-13(9-14)7-8-13/h11H,3-10H2,1-2H3,(H,15,16). The lowest BCUT2D eigenvalue weighted by Gasteiger charge is -2.18. The first-order valence-corrected chi connectivity index (χ1v) is 7.63. The molecule has 0 bridgehead atoms. The predicted octanol–water partition coefficient (Wildman–Crippen LogP) is 3.49. The molecule has 2 nitrogen and oxygen atoms in total. The molecule has 1 N–H and O–H groups in total. The van der Waals surface area contributed by atoms with Crippen LogP contribution in [-0.4, -0.2) is 17.8 Å². The Hall–Kier alpha value is -0.0500. The number of hydrogen-bond acceptors (Lipinski definition) is 1. The number of hydrogen-bond donors (Lipinski definition) is 1. The Morgan fingerprint density at radius 3 is 2.25 bits per heavy atom. The van der Waals surface area contributed by atoms with Gasteiger partial charge in [0, 0.05) is 17.8 Å². The SMILES string of the molecule is CCCC(CCC)C(=O)NCC1(CBr)CC1. The van der Waals surface area contributed by atoms with E-state index in [9.17, 15) is 4.79 Å². The van der Waals surface area contributed by atoms with Crippen molar-refractivity contribution in [1.29, 1.82) is 0 Å². The van der Waals surface area contributed by atoms with Gasteiger partial charge in [0.05, 0.1) is 0 Å². The van der Waals surface area contributed by atoms with Crippen molar-refractivity contribution in [3.05, 3.63) is 0 Å². The summed E-state index contributed by atoms with van der Waals surface area (Å²) < 4.78 is 0. The third-order valence-electron chi connectivity index (χ3n) is 3.52. The molecule has 0 aromatic heterocycles. The molecular weight excluding hydrogens is 266 g/mol. The number of amides is 1. The molecular formula is C13H24BrNO. The molecule has 16 heavy (non-hydrogen) atoms. The van der Waals surface area contributed by atoms with Crippen molar-refractivity contribution in [2.75, 3.05) is 11.9 Å². The van der Waals surface area contributed by atoms with Crippen LogP contribution in [0.25, 0.3) is 0 Å². The zero-order valence-electron chi connectivity index (χ0n) is 10.5. The minimum absolute atomic E-state index is 0.237. The van der Waals surface area contributed by atoms with Crippen molar-refractivity contribution in [3.63, 3.8) is 0 Å². The molecule has 1 saturated carbocycles. The fourth-order valence-electron chi connectivity index (χ4n) is 2.06. The maximum absolute atomic E-state index is 12.0. The summed E-state index contributed by atoms with van der Waals surface area (Å²) >= 11 is 3.53. The molecule has 94 valence electrons. The summed E-state index contributed by atoms with van der Waals surface area (Å²) in [4.78, 5) is 12.0. The maximum Gasteiger partial charge on any atom is 0.223 e. The van der Waals surface area contributed by atoms with E-state index in [4.69, 9.17) is 0 Å². The highest BCUT2D eigenvalue weighted by molar-refractivity contribution is 9.09. The second kappa shape index (κ2) is 6.63. The van der Waals surface area contributed by atoms with Gasteiger partial charge in [0.25, 0.3) is 0 Å². The largest absolute Gasteiger partial charge is 0.355 e. The van der Waals surface area contributed by atoms with E-state index in [0.29, 0.717) is 5.41 Å². The van der Waals surface area contributed by atoms with Crippen LogP contribution in [0.4, 0.5) is 0 Å². The van der Waals surface area contributed by atoms with Crippen molar-refractivity contribution >= 4 is 21.8 Å². The lowest BCUT2D eigenvalue weighted by atomic mass is 9.97. The predicted molar refractivity (Wildman–Crippen MR) is 71.8 cm³/mol. The van der Waals surface area contributed by atoms with E-state index in [1.807, 2.05) is 0 Å². The average molecular weight is 290 g/mol. The van der Waals surface area contributed by atoms with Crippen LogP contribution in [0, 0.1) is 11.3 Å². The molecule has 3 heteroatoms. The highest BCUT2D eigenvalue weighted by Gasteiger charge is 2.41. The van der Waals surface area contributed by atoms with Crippen LogP contribution in [0.15, 0.2) is 0 Å². The van der Waals surface area contributed by atoms with E-state index < -0.39 is 0 Å². The number of alkyl halides is 1. The summed E-state index contributed by atoms with van der Waals surface area (Å²) in [6.45, 7) is 5.16. The van der Waals surface area contributed by atoms with Gasteiger partial charge in [-0.05, 0) is 31.1 Å². The average Bonchev–Trinajstić information content (AvgIpc) is 3.06. The van der Waals surface area contributed by atoms with E-state index in [1.165, 1.54) is 12.8 Å². The molecule has 1 aliphatic rings. The van der Waals surface area contributed by atoms with Gasteiger partial charge in [-0.2, -0.15) is 0 Å². The van der Waals surface area contributed by atoms with Crippen LogP contribution in [0.1, 0.15) is 52.4 Å². The number of nitrogens with one attached hydrogen (secondary N) is 1. The quantitative estimate of drug-likeness (QED) is 0.681. The van der Waals surface area contributed by atoms with Gasteiger partial charge in [-0.15, -0.1) is 0 Å². The highest BCUT2D eigenvalue weighted by atomic mass is 79.9. The minimum atomic E-state index is 0.237. The molecule has 0 aliphatic heterocycles. The molecule has 1 rings (SSSR count). The number of rotatable bonds is 8. The van der Waals surface area contributed by atoms with Gasteiger partial charge in [0.1, 0.15) is 0 Å². The van der Waals surface area contributed by atoms with E-state index in [0.717, 1.165) is 37.6 Å². The Morgan fingerprint density at radius 2 is 1.88 bits per heavy atom. The van der Waals surface area contributed by atoms with Gasteiger partial charge < -0.3 is 5.32 Å². The first-order chi connectivity index (χ1) is 7.67. The van der Waals surface area contributed by atoms with Crippen molar-refractivity contribution in [2.24, 2.45) is 11.3 Å². The smallest absolute Gasteiger partial charge is 0.223 e. The Balaban J connectivity index is 2.30. The van der Waals surface area contributed by atoms with Gasteiger partial charge in [-0.1, -0.05) is 42.6 Å². The zero-order chi connectivity index (χ0) is 12.0. The molecule has 0 unspecified atom stereocenters. The van der Waals surface area contributed by atoms with Crippen LogP contribution < -0.4 is 5.32 Å². The van der Waals surface area contributed by atoms with Crippen LogP contribution in [-0.2, 0) is 4.79 Å². The van der Waals surface area contributed by atoms with E-state index in [-0.39, 0.29) is 11.8 Å². The fourth-order valence-corrected chi connectivity index (χ4v) is 2.82. The molecule has 0 radical (unpaired) electrons. The molecule has 0 aromatic carbocycles. The van der Waals surface area contributed by atoms with Crippen LogP contribution >= 0.6 is 15.9 Å². The second-order valence-electron chi connectivity index (χ2n) is 5.13. The normalized spacial score (nSPS) is 17.5. The summed E-state index contributed by atoms with van der Waals surface area (Å²) in [5.41, 5.74) is 0.388. The molecule has 1 amide bonds. The topological polar surface area (TPSA) is 29.1 Å². The first-order valence-electron chi connectivity index (χ1n) is 6.51. The van der Waals surface area contributed by atoms with E-state index in [2.05, 4.69) is 35.1 Å². The van der Waals surface area contributed by atoms with Crippen molar-refractivity contribution in [1.82, 2.24) is 5.32 Å². The lowest BCUT2D eigenvalue weighted by molar-refractivity contribution is -0.125. The molecule has 0 aromatic rings. The van der Waals surface area contributed by atoms with E-state index in [1.54, 1.807) is 0 Å². The second-order valence-corrected chi connectivity index (χ2v) is 5.69. The molecule has 0 heterocycles.